The molecule has 0 spiro atoms. The van der Waals surface area contributed by atoms with E-state index < -0.39 is 0 Å². The number of phenolic OH excluding ortho intramolecular Hbond substituents is 2. The van der Waals surface area contributed by atoms with Crippen LogP contribution < -0.4 is 11.3 Å². The predicted octanol–water partition coefficient (Wildman–Crippen LogP) is 12.3. The fraction of sp³-hybridized carbons (Fsp3) is 0.360. The van der Waals surface area contributed by atoms with Gasteiger partial charge in [0.2, 0.25) is 0 Å². The van der Waals surface area contributed by atoms with E-state index >= 15 is 0 Å². The van der Waals surface area contributed by atoms with Crippen LogP contribution in [0.4, 0.5) is 11.4 Å². The van der Waals surface area contributed by atoms with Crippen molar-refractivity contribution >= 4 is 45.7 Å². The van der Waals surface area contributed by atoms with Gasteiger partial charge in [0.1, 0.15) is 22.7 Å². The van der Waals surface area contributed by atoms with Crippen molar-refractivity contribution < 1.29 is 19.0 Å². The van der Waals surface area contributed by atoms with Crippen molar-refractivity contribution in [1.82, 2.24) is 0 Å². The Labute approximate surface area is 342 Å². The molecule has 0 unspecified atom stereocenters. The maximum atomic E-state index is 11.7. The zero-order valence-corrected chi connectivity index (χ0v) is 36.5. The first kappa shape index (κ1) is 43.4. The standard InChI is InChI=1S/2C25H29NO3/c2*1-15-10-22(27)29-21-13-18(8-9-19(15)21)26-14-16-11-17(24(2,3)4)12-20(23(16)28)25(5,6)7/h2*8-14,28H,1-7H3. The van der Waals surface area contributed by atoms with E-state index in [1.165, 1.54) is 12.1 Å². The minimum Gasteiger partial charge on any atom is -0.507 e. The van der Waals surface area contributed by atoms with Crippen LogP contribution >= 0.6 is 0 Å². The molecule has 6 aromatic rings. The van der Waals surface area contributed by atoms with Crippen LogP contribution in [0.2, 0.25) is 0 Å². The number of aryl methyl sites for hydroxylation is 2. The molecule has 6 rings (SSSR count). The lowest BCUT2D eigenvalue weighted by atomic mass is 9.79. The van der Waals surface area contributed by atoms with E-state index in [2.05, 4.69) is 105 Å². The molecule has 2 heterocycles. The average molecular weight is 783 g/mol. The zero-order valence-electron chi connectivity index (χ0n) is 36.5. The van der Waals surface area contributed by atoms with Crippen molar-refractivity contribution in [3.63, 3.8) is 0 Å². The Bertz CT molecular complexity index is 2500. The maximum Gasteiger partial charge on any atom is 0.336 e. The minimum absolute atomic E-state index is 0.0554. The molecule has 0 aliphatic heterocycles. The second-order valence-corrected chi connectivity index (χ2v) is 19.3. The van der Waals surface area contributed by atoms with Crippen LogP contribution in [0.25, 0.3) is 21.9 Å². The summed E-state index contributed by atoms with van der Waals surface area (Å²) in [4.78, 5) is 32.4. The fourth-order valence-corrected chi connectivity index (χ4v) is 6.60. The zero-order chi connectivity index (χ0) is 43.1. The largest absolute Gasteiger partial charge is 0.507 e. The van der Waals surface area contributed by atoms with Crippen LogP contribution in [0.5, 0.6) is 11.5 Å². The number of rotatable bonds is 4. The highest BCUT2D eigenvalue weighted by molar-refractivity contribution is 5.90. The van der Waals surface area contributed by atoms with Gasteiger partial charge in [0, 0.05) is 69.7 Å². The second-order valence-electron chi connectivity index (χ2n) is 19.3. The summed E-state index contributed by atoms with van der Waals surface area (Å²) in [6.07, 6.45) is 3.35. The SMILES string of the molecule is Cc1cc(=O)oc2cc(N=Cc3cc(C(C)(C)C)cc(C(C)(C)C)c3O)ccc12.Cc1cc(=O)oc2cc(N=Cc3cc(C(C)(C)C)cc(C(C)(C)C)c3O)ccc12. The van der Waals surface area contributed by atoms with Crippen LogP contribution in [0.3, 0.4) is 0 Å². The summed E-state index contributed by atoms with van der Waals surface area (Å²) in [7, 11) is 0. The number of benzene rings is 4. The maximum absolute atomic E-state index is 11.7. The highest BCUT2D eigenvalue weighted by Crippen LogP contribution is 2.39. The first-order valence-electron chi connectivity index (χ1n) is 19.7. The van der Waals surface area contributed by atoms with Gasteiger partial charge in [-0.2, -0.15) is 0 Å². The van der Waals surface area contributed by atoms with Crippen molar-refractivity contribution in [3.05, 3.63) is 138 Å². The van der Waals surface area contributed by atoms with Crippen LogP contribution in [-0.4, -0.2) is 22.6 Å². The van der Waals surface area contributed by atoms with Gasteiger partial charge in [0.25, 0.3) is 0 Å². The average Bonchev–Trinajstić information content (AvgIpc) is 3.08. The minimum atomic E-state index is -0.374. The van der Waals surface area contributed by atoms with Crippen LogP contribution in [0.1, 0.15) is 128 Å². The molecule has 0 saturated carbocycles. The highest BCUT2D eigenvalue weighted by Gasteiger charge is 2.26. The molecule has 0 bridgehead atoms. The lowest BCUT2D eigenvalue weighted by Crippen LogP contribution is -2.17. The molecule has 4 aromatic carbocycles. The first-order chi connectivity index (χ1) is 26.7. The first-order valence-corrected chi connectivity index (χ1v) is 19.7. The van der Waals surface area contributed by atoms with Crippen molar-refractivity contribution in [1.29, 1.82) is 0 Å². The van der Waals surface area contributed by atoms with Crippen LogP contribution in [-0.2, 0) is 21.7 Å². The van der Waals surface area contributed by atoms with E-state index in [4.69, 9.17) is 8.83 Å². The van der Waals surface area contributed by atoms with Gasteiger partial charge in [-0.05, 0) is 94.2 Å². The monoisotopic (exact) mass is 782 g/mol. The summed E-state index contributed by atoms with van der Waals surface area (Å²) >= 11 is 0. The number of hydrogen-bond acceptors (Lipinski definition) is 8. The Balaban J connectivity index is 0.000000221. The Hall–Kier alpha value is -5.76. The van der Waals surface area contributed by atoms with Crippen LogP contribution in [0, 0.1) is 13.8 Å². The predicted molar refractivity (Wildman–Crippen MR) is 240 cm³/mol. The van der Waals surface area contributed by atoms with Crippen LogP contribution in [0.15, 0.2) is 101 Å². The molecular weight excluding hydrogens is 725 g/mol. The molecule has 58 heavy (non-hydrogen) atoms. The van der Waals surface area contributed by atoms with Crippen molar-refractivity contribution in [2.45, 2.75) is 119 Å². The summed E-state index contributed by atoms with van der Waals surface area (Å²) < 4.78 is 10.6. The number of fused-ring (bicyclic) bond motifs is 2. The Kier molecular flexibility index (Phi) is 11.9. The van der Waals surface area contributed by atoms with E-state index in [9.17, 15) is 19.8 Å². The van der Waals surface area contributed by atoms with E-state index in [-0.39, 0.29) is 44.4 Å². The molecule has 0 aliphatic rings. The summed E-state index contributed by atoms with van der Waals surface area (Å²) in [5.41, 5.74) is 8.24. The lowest BCUT2D eigenvalue weighted by molar-refractivity contribution is 0.443. The Morgan fingerprint density at radius 2 is 0.828 bits per heavy atom. The fourth-order valence-electron chi connectivity index (χ4n) is 6.60. The molecule has 2 aromatic heterocycles. The van der Waals surface area contributed by atoms with Crippen molar-refractivity contribution in [3.8, 4) is 11.5 Å². The van der Waals surface area contributed by atoms with Gasteiger partial charge in [-0.25, -0.2) is 9.59 Å². The molecule has 0 amide bonds. The van der Waals surface area contributed by atoms with Gasteiger partial charge in [0.05, 0.1) is 11.4 Å². The van der Waals surface area contributed by atoms with Gasteiger partial charge in [-0.1, -0.05) is 95.2 Å². The van der Waals surface area contributed by atoms with E-state index in [0.717, 1.165) is 44.2 Å². The van der Waals surface area contributed by atoms with Crippen molar-refractivity contribution in [2.24, 2.45) is 9.98 Å². The van der Waals surface area contributed by atoms with Gasteiger partial charge >= 0.3 is 11.3 Å². The molecule has 0 radical (unpaired) electrons. The van der Waals surface area contributed by atoms with E-state index in [0.29, 0.717) is 33.7 Å². The normalized spacial score (nSPS) is 12.8. The number of nitrogens with zero attached hydrogens (tertiary/aromatic N) is 2. The second kappa shape index (κ2) is 15.9. The van der Waals surface area contributed by atoms with Crippen molar-refractivity contribution in [2.75, 3.05) is 0 Å². The third-order valence-corrected chi connectivity index (χ3v) is 10.2. The quantitative estimate of drug-likeness (QED) is 0.135. The third-order valence-electron chi connectivity index (χ3n) is 10.2. The number of phenols is 2. The molecule has 0 aliphatic carbocycles. The van der Waals surface area contributed by atoms with Gasteiger partial charge in [-0.3, -0.25) is 9.98 Å². The molecule has 8 nitrogen and oxygen atoms in total. The lowest BCUT2D eigenvalue weighted by Gasteiger charge is -2.27. The van der Waals surface area contributed by atoms with Gasteiger partial charge in [-0.15, -0.1) is 0 Å². The molecule has 304 valence electrons. The molecule has 2 N–H and O–H groups in total. The Morgan fingerprint density at radius 3 is 1.14 bits per heavy atom. The summed E-state index contributed by atoms with van der Waals surface area (Å²) in [6, 6.07) is 22.1. The van der Waals surface area contributed by atoms with E-state index in [1.807, 2.05) is 50.2 Å². The van der Waals surface area contributed by atoms with E-state index in [1.54, 1.807) is 24.6 Å². The van der Waals surface area contributed by atoms with Gasteiger partial charge < -0.3 is 19.0 Å². The smallest absolute Gasteiger partial charge is 0.336 e. The molecule has 0 fully saturated rings. The van der Waals surface area contributed by atoms with Gasteiger partial charge in [0.15, 0.2) is 0 Å². The molecule has 0 saturated heterocycles. The molecule has 8 heteroatoms. The topological polar surface area (TPSA) is 126 Å². The molecule has 0 atom stereocenters. The summed E-state index contributed by atoms with van der Waals surface area (Å²) in [5.74, 6) is 0.495. The highest BCUT2D eigenvalue weighted by atomic mass is 16.4. The number of aliphatic imine (C=N–C) groups is 2. The third kappa shape index (κ3) is 10.0. The number of hydrogen-bond donors (Lipinski definition) is 2. The Morgan fingerprint density at radius 1 is 0.483 bits per heavy atom. The molecular formula is C50H58N2O6. The number of aromatic hydroxyl groups is 2. The summed E-state index contributed by atoms with van der Waals surface area (Å²) in [6.45, 7) is 29.2. The summed E-state index contributed by atoms with van der Waals surface area (Å²) in [5, 5.41) is 23.5.